The van der Waals surface area contributed by atoms with Gasteiger partial charge in [0, 0.05) is 37.8 Å². The Morgan fingerprint density at radius 2 is 1.88 bits per heavy atom. The molecule has 0 saturated carbocycles. The van der Waals surface area contributed by atoms with Crippen LogP contribution in [-0.2, 0) is 4.79 Å². The van der Waals surface area contributed by atoms with Crippen LogP contribution in [0.25, 0.3) is 5.65 Å². The summed E-state index contributed by atoms with van der Waals surface area (Å²) in [6.07, 6.45) is 3.85. The predicted molar refractivity (Wildman–Crippen MR) is 96.0 cm³/mol. The van der Waals surface area contributed by atoms with E-state index in [2.05, 4.69) is 4.98 Å². The lowest BCUT2D eigenvalue weighted by atomic mass is 9.91. The Kier molecular flexibility index (Phi) is 5.12. The van der Waals surface area contributed by atoms with Gasteiger partial charge in [0.25, 0.3) is 0 Å². The predicted octanol–water partition coefficient (Wildman–Crippen LogP) is 3.86. The van der Waals surface area contributed by atoms with Crippen molar-refractivity contribution in [1.29, 1.82) is 0 Å². The van der Waals surface area contributed by atoms with E-state index >= 15 is 0 Å². The van der Waals surface area contributed by atoms with E-state index in [4.69, 9.17) is 0 Å². The Morgan fingerprint density at radius 1 is 1.16 bits per heavy atom. The average molecular weight is 339 g/mol. The fourth-order valence-electron chi connectivity index (χ4n) is 3.22. The average Bonchev–Trinajstić information content (AvgIpc) is 3.05. The molecule has 0 spiro atoms. The smallest absolute Gasteiger partial charge is 0.223 e. The van der Waals surface area contributed by atoms with E-state index in [0.717, 1.165) is 11.3 Å². The summed E-state index contributed by atoms with van der Waals surface area (Å²) in [5, 5.41) is 0. The number of benzene rings is 1. The maximum atomic E-state index is 14.5. The summed E-state index contributed by atoms with van der Waals surface area (Å²) in [5.74, 6) is -0.665. The number of pyridine rings is 1. The number of nitrogens with zero attached hydrogens (tertiary/aromatic N) is 3. The second-order valence-electron chi connectivity index (χ2n) is 5.96. The largest absolute Gasteiger partial charge is 0.343 e. The van der Waals surface area contributed by atoms with Gasteiger partial charge in [0.2, 0.25) is 5.91 Å². The molecule has 5 heteroatoms. The first-order chi connectivity index (χ1) is 12.2. The minimum atomic E-state index is -0.383. The third-order valence-electron chi connectivity index (χ3n) is 4.58. The van der Waals surface area contributed by atoms with Crippen molar-refractivity contribution in [2.75, 3.05) is 13.1 Å². The van der Waals surface area contributed by atoms with Crippen molar-refractivity contribution in [1.82, 2.24) is 14.3 Å². The highest BCUT2D eigenvalue weighted by Gasteiger charge is 2.25. The molecular weight excluding hydrogens is 317 g/mol. The molecule has 0 saturated heterocycles. The Labute approximate surface area is 146 Å². The lowest BCUT2D eigenvalue weighted by Crippen LogP contribution is -2.32. The van der Waals surface area contributed by atoms with E-state index in [9.17, 15) is 9.18 Å². The summed E-state index contributed by atoms with van der Waals surface area (Å²) in [4.78, 5) is 18.9. The van der Waals surface area contributed by atoms with Crippen LogP contribution < -0.4 is 0 Å². The molecular formula is C20H22FN3O. The van der Waals surface area contributed by atoms with E-state index in [0.29, 0.717) is 18.7 Å². The molecule has 130 valence electrons. The van der Waals surface area contributed by atoms with Gasteiger partial charge in [-0.05, 0) is 37.6 Å². The van der Waals surface area contributed by atoms with Crippen molar-refractivity contribution in [3.63, 3.8) is 0 Å². The van der Waals surface area contributed by atoms with Gasteiger partial charge in [-0.2, -0.15) is 0 Å². The molecule has 25 heavy (non-hydrogen) atoms. The zero-order valence-corrected chi connectivity index (χ0v) is 14.5. The number of amides is 1. The van der Waals surface area contributed by atoms with Crippen LogP contribution >= 0.6 is 0 Å². The Bertz CT molecular complexity index is 870. The Balaban J connectivity index is 2.06. The van der Waals surface area contributed by atoms with Crippen molar-refractivity contribution in [3.05, 3.63) is 71.9 Å². The lowest BCUT2D eigenvalue weighted by molar-refractivity contribution is -0.131. The summed E-state index contributed by atoms with van der Waals surface area (Å²) in [6.45, 7) is 5.19. The minimum Gasteiger partial charge on any atom is -0.343 e. The molecule has 3 rings (SSSR count). The van der Waals surface area contributed by atoms with Gasteiger partial charge >= 0.3 is 0 Å². The van der Waals surface area contributed by atoms with Crippen molar-refractivity contribution in [3.8, 4) is 0 Å². The van der Waals surface area contributed by atoms with Gasteiger partial charge in [0.15, 0.2) is 0 Å². The van der Waals surface area contributed by atoms with Crippen LogP contribution in [0.4, 0.5) is 4.39 Å². The molecule has 0 N–H and O–H groups in total. The van der Waals surface area contributed by atoms with Gasteiger partial charge in [-0.1, -0.05) is 24.3 Å². The second kappa shape index (κ2) is 7.47. The number of aromatic nitrogens is 2. The first-order valence-electron chi connectivity index (χ1n) is 8.59. The zero-order chi connectivity index (χ0) is 17.8. The number of hydrogen-bond acceptors (Lipinski definition) is 2. The van der Waals surface area contributed by atoms with E-state index in [-0.39, 0.29) is 24.1 Å². The summed E-state index contributed by atoms with van der Waals surface area (Å²) in [7, 11) is 0. The zero-order valence-electron chi connectivity index (χ0n) is 14.5. The summed E-state index contributed by atoms with van der Waals surface area (Å²) in [5.41, 5.74) is 2.13. The SMILES string of the molecule is CCN(CC)C(=O)CC(c1ccccc1F)c1cnc2ccccn12. The molecule has 1 amide bonds. The number of carbonyl (C=O) groups excluding carboxylic acids is 1. The highest BCUT2D eigenvalue weighted by Crippen LogP contribution is 2.31. The molecule has 0 aliphatic rings. The standard InChI is InChI=1S/C20H22FN3O/c1-3-23(4-2)20(25)13-16(15-9-5-6-10-17(15)21)18-14-22-19-11-7-8-12-24(18)19/h5-12,14,16H,3-4,13H2,1-2H3. The number of carbonyl (C=O) groups is 1. The number of halogens is 1. The Hall–Kier alpha value is -2.69. The van der Waals surface area contributed by atoms with E-state index in [1.165, 1.54) is 6.07 Å². The molecule has 1 atom stereocenters. The van der Waals surface area contributed by atoms with Crippen molar-refractivity contribution >= 4 is 11.6 Å². The third kappa shape index (κ3) is 3.40. The normalized spacial score (nSPS) is 12.3. The number of fused-ring (bicyclic) bond motifs is 1. The van der Waals surface area contributed by atoms with Crippen LogP contribution in [0.15, 0.2) is 54.9 Å². The van der Waals surface area contributed by atoms with Crippen LogP contribution in [0.2, 0.25) is 0 Å². The molecule has 2 heterocycles. The molecule has 0 aliphatic heterocycles. The van der Waals surface area contributed by atoms with E-state index in [1.54, 1.807) is 29.3 Å². The van der Waals surface area contributed by atoms with E-state index in [1.807, 2.05) is 42.6 Å². The van der Waals surface area contributed by atoms with Crippen molar-refractivity contribution in [2.24, 2.45) is 0 Å². The maximum absolute atomic E-state index is 14.5. The summed E-state index contributed by atoms with van der Waals surface area (Å²) >= 11 is 0. The molecule has 3 aromatic rings. The van der Waals surface area contributed by atoms with Crippen LogP contribution in [0.5, 0.6) is 0 Å². The van der Waals surface area contributed by atoms with Gasteiger partial charge in [-0.25, -0.2) is 9.37 Å². The molecule has 1 unspecified atom stereocenters. The van der Waals surface area contributed by atoms with Crippen molar-refractivity contribution < 1.29 is 9.18 Å². The number of hydrogen-bond donors (Lipinski definition) is 0. The monoisotopic (exact) mass is 339 g/mol. The highest BCUT2D eigenvalue weighted by molar-refractivity contribution is 5.77. The lowest BCUT2D eigenvalue weighted by Gasteiger charge is -2.23. The third-order valence-corrected chi connectivity index (χ3v) is 4.58. The van der Waals surface area contributed by atoms with E-state index < -0.39 is 0 Å². The van der Waals surface area contributed by atoms with Crippen LogP contribution in [0.1, 0.15) is 37.4 Å². The fraction of sp³-hybridized carbons (Fsp3) is 0.300. The number of imidazole rings is 1. The second-order valence-corrected chi connectivity index (χ2v) is 5.96. The molecule has 0 radical (unpaired) electrons. The summed E-state index contributed by atoms with van der Waals surface area (Å²) in [6, 6.07) is 12.4. The summed E-state index contributed by atoms with van der Waals surface area (Å²) < 4.78 is 16.4. The minimum absolute atomic E-state index is 0.0177. The van der Waals surface area contributed by atoms with Gasteiger partial charge in [-0.15, -0.1) is 0 Å². The van der Waals surface area contributed by atoms with Crippen molar-refractivity contribution in [2.45, 2.75) is 26.2 Å². The van der Waals surface area contributed by atoms with Crippen LogP contribution in [0, 0.1) is 5.82 Å². The topological polar surface area (TPSA) is 37.6 Å². The molecule has 1 aromatic carbocycles. The molecule has 0 fully saturated rings. The maximum Gasteiger partial charge on any atom is 0.223 e. The number of rotatable bonds is 6. The van der Waals surface area contributed by atoms with Crippen LogP contribution in [0.3, 0.4) is 0 Å². The first kappa shape index (κ1) is 17.1. The fourth-order valence-corrected chi connectivity index (χ4v) is 3.22. The van der Waals surface area contributed by atoms with Crippen LogP contribution in [-0.4, -0.2) is 33.3 Å². The van der Waals surface area contributed by atoms with Gasteiger partial charge in [0.1, 0.15) is 11.5 Å². The van der Waals surface area contributed by atoms with Gasteiger partial charge in [-0.3, -0.25) is 4.79 Å². The Morgan fingerprint density at radius 3 is 2.60 bits per heavy atom. The molecule has 0 bridgehead atoms. The quantitative estimate of drug-likeness (QED) is 0.684. The molecule has 2 aromatic heterocycles. The van der Waals surface area contributed by atoms with Gasteiger partial charge in [0.05, 0.1) is 5.69 Å². The molecule has 4 nitrogen and oxygen atoms in total. The van der Waals surface area contributed by atoms with Gasteiger partial charge < -0.3 is 9.30 Å². The highest BCUT2D eigenvalue weighted by atomic mass is 19.1. The first-order valence-corrected chi connectivity index (χ1v) is 8.59. The molecule has 0 aliphatic carbocycles.